The summed E-state index contributed by atoms with van der Waals surface area (Å²) in [6, 6.07) is 11.6. The van der Waals surface area contributed by atoms with Crippen LogP contribution in [0.25, 0.3) is 0 Å². The maximum atomic E-state index is 11.5. The quantitative estimate of drug-likeness (QED) is 0.285. The molecule has 0 spiro atoms. The number of ether oxygens (including phenoxy) is 1. The Bertz CT molecular complexity index is 847. The molecule has 160 valence electrons. The first-order valence-electron chi connectivity index (χ1n) is 10.5. The first-order chi connectivity index (χ1) is 13.9. The normalized spacial score (nSPS) is 11.5. The zero-order valence-electron chi connectivity index (χ0n) is 17.1. The van der Waals surface area contributed by atoms with Gasteiger partial charge in [0.1, 0.15) is 22.1 Å². The topological polar surface area (TPSA) is 83.8 Å². The Hall–Kier alpha value is -2.05. The lowest BCUT2D eigenvalue weighted by molar-refractivity contribution is 0.432. The molecular weight excluding hydrogens is 388 g/mol. The minimum absolute atomic E-state index is 0.334. The molecule has 2 rings (SSSR count). The van der Waals surface area contributed by atoms with Crippen LogP contribution in [0.2, 0.25) is 0 Å². The van der Waals surface area contributed by atoms with Gasteiger partial charge in [-0.25, -0.2) is 0 Å². The minimum Gasteiger partial charge on any atom is -0.506 e. The van der Waals surface area contributed by atoms with Gasteiger partial charge in [-0.05, 0) is 36.6 Å². The summed E-state index contributed by atoms with van der Waals surface area (Å²) in [6.07, 6.45) is 11.5. The molecule has 0 amide bonds. The van der Waals surface area contributed by atoms with E-state index in [0.717, 1.165) is 24.8 Å². The third kappa shape index (κ3) is 8.07. The van der Waals surface area contributed by atoms with Gasteiger partial charge in [0.15, 0.2) is 0 Å². The van der Waals surface area contributed by atoms with Crippen LogP contribution in [-0.2, 0) is 16.5 Å². The first kappa shape index (κ1) is 23.2. The molecule has 0 bridgehead atoms. The van der Waals surface area contributed by atoms with Gasteiger partial charge in [0.2, 0.25) is 0 Å². The second kappa shape index (κ2) is 11.8. The van der Waals surface area contributed by atoms with Crippen molar-refractivity contribution >= 4 is 10.1 Å². The summed E-state index contributed by atoms with van der Waals surface area (Å²) in [7, 11) is -4.54. The summed E-state index contributed by atoms with van der Waals surface area (Å²) in [4.78, 5) is -0.542. The number of para-hydroxylation sites is 1. The number of phenolic OH excluding ortho intramolecular Hbond substituents is 1. The van der Waals surface area contributed by atoms with E-state index < -0.39 is 20.8 Å². The Balaban J connectivity index is 1.99. The van der Waals surface area contributed by atoms with E-state index in [1.54, 1.807) is 12.1 Å². The van der Waals surface area contributed by atoms with Crippen LogP contribution >= 0.6 is 0 Å². The van der Waals surface area contributed by atoms with Gasteiger partial charge in [-0.3, -0.25) is 4.55 Å². The fourth-order valence-corrected chi connectivity index (χ4v) is 3.91. The highest BCUT2D eigenvalue weighted by Gasteiger charge is 2.20. The Kier molecular flexibility index (Phi) is 9.48. The van der Waals surface area contributed by atoms with E-state index in [-0.39, 0.29) is 0 Å². The van der Waals surface area contributed by atoms with E-state index in [9.17, 15) is 18.1 Å². The van der Waals surface area contributed by atoms with Crippen molar-refractivity contribution in [2.24, 2.45) is 0 Å². The predicted molar refractivity (Wildman–Crippen MR) is 115 cm³/mol. The van der Waals surface area contributed by atoms with Gasteiger partial charge in [-0.2, -0.15) is 8.42 Å². The summed E-state index contributed by atoms with van der Waals surface area (Å²) in [5.74, 6) is 0.438. The number of phenols is 1. The van der Waals surface area contributed by atoms with E-state index in [4.69, 9.17) is 4.74 Å². The Morgan fingerprint density at radius 2 is 1.45 bits per heavy atom. The molecule has 2 N–H and O–H groups in total. The lowest BCUT2D eigenvalue weighted by atomic mass is 10.0. The molecule has 0 heterocycles. The van der Waals surface area contributed by atoms with Crippen molar-refractivity contribution in [3.63, 3.8) is 0 Å². The number of hydrogen-bond acceptors (Lipinski definition) is 4. The summed E-state index contributed by atoms with van der Waals surface area (Å²) in [6.45, 7) is 2.22. The number of rotatable bonds is 13. The zero-order chi connectivity index (χ0) is 21.1. The van der Waals surface area contributed by atoms with Crippen molar-refractivity contribution in [3.05, 3.63) is 48.0 Å². The number of unbranched alkanes of at least 4 members (excludes halogenated alkanes) is 8. The fraction of sp³-hybridized carbons (Fsp3) is 0.478. The van der Waals surface area contributed by atoms with Gasteiger partial charge in [0, 0.05) is 6.07 Å². The predicted octanol–water partition coefficient (Wildman–Crippen LogP) is 6.50. The van der Waals surface area contributed by atoms with Crippen LogP contribution in [0, 0.1) is 0 Å². The van der Waals surface area contributed by atoms with Gasteiger partial charge in [0.05, 0.1) is 0 Å². The Labute approximate surface area is 174 Å². The first-order valence-corrected chi connectivity index (χ1v) is 11.9. The maximum absolute atomic E-state index is 11.5. The Morgan fingerprint density at radius 1 is 0.862 bits per heavy atom. The van der Waals surface area contributed by atoms with Crippen molar-refractivity contribution in [2.75, 3.05) is 0 Å². The standard InChI is InChI=1S/C23H32O5S/c1-2-3-4-5-6-7-8-9-11-14-19-17-21(24)23(29(25,26)27)18-22(19)28-20-15-12-10-13-16-20/h10,12-13,15-18,24H,2-9,11,14H2,1H3,(H,25,26,27). The van der Waals surface area contributed by atoms with Crippen LogP contribution in [0.1, 0.15) is 70.3 Å². The highest BCUT2D eigenvalue weighted by Crippen LogP contribution is 2.35. The van der Waals surface area contributed by atoms with Gasteiger partial charge in [-0.1, -0.05) is 76.5 Å². The molecule has 2 aromatic rings. The molecule has 0 fully saturated rings. The van der Waals surface area contributed by atoms with Crippen molar-refractivity contribution in [3.8, 4) is 17.2 Å². The lowest BCUT2D eigenvalue weighted by Gasteiger charge is -2.14. The van der Waals surface area contributed by atoms with E-state index in [1.165, 1.54) is 50.7 Å². The molecule has 2 aromatic carbocycles. The average Bonchev–Trinajstić information content (AvgIpc) is 2.68. The highest BCUT2D eigenvalue weighted by molar-refractivity contribution is 7.86. The molecular formula is C23H32O5S. The molecule has 0 aliphatic carbocycles. The van der Waals surface area contributed by atoms with E-state index in [2.05, 4.69) is 6.92 Å². The van der Waals surface area contributed by atoms with Gasteiger partial charge in [-0.15, -0.1) is 0 Å². The summed E-state index contributed by atoms with van der Waals surface area (Å²) in [5, 5.41) is 10.1. The maximum Gasteiger partial charge on any atom is 0.298 e. The van der Waals surface area contributed by atoms with Crippen LogP contribution < -0.4 is 4.74 Å². The van der Waals surface area contributed by atoms with Crippen molar-refractivity contribution in [1.29, 1.82) is 0 Å². The van der Waals surface area contributed by atoms with Gasteiger partial charge < -0.3 is 9.84 Å². The van der Waals surface area contributed by atoms with Crippen LogP contribution in [0.4, 0.5) is 0 Å². The van der Waals surface area contributed by atoms with Crippen molar-refractivity contribution in [1.82, 2.24) is 0 Å². The third-order valence-corrected chi connectivity index (χ3v) is 5.82. The lowest BCUT2D eigenvalue weighted by Crippen LogP contribution is -2.01. The molecule has 0 atom stereocenters. The van der Waals surface area contributed by atoms with Crippen molar-refractivity contribution in [2.45, 2.75) is 76.0 Å². The zero-order valence-corrected chi connectivity index (χ0v) is 18.0. The SMILES string of the molecule is CCCCCCCCCCCc1cc(O)c(S(=O)(=O)O)cc1Oc1ccccc1. The molecule has 0 radical (unpaired) electrons. The van der Waals surface area contributed by atoms with E-state index in [0.29, 0.717) is 17.9 Å². The highest BCUT2D eigenvalue weighted by atomic mass is 32.2. The molecule has 6 heteroatoms. The number of aromatic hydroxyl groups is 1. The van der Waals surface area contributed by atoms with Gasteiger partial charge in [0.25, 0.3) is 10.1 Å². The fourth-order valence-electron chi connectivity index (χ4n) is 3.33. The molecule has 5 nitrogen and oxygen atoms in total. The second-order valence-electron chi connectivity index (χ2n) is 7.40. The van der Waals surface area contributed by atoms with Crippen molar-refractivity contribution < 1.29 is 22.8 Å². The molecule has 0 aliphatic rings. The van der Waals surface area contributed by atoms with Crippen LogP contribution in [-0.4, -0.2) is 18.1 Å². The van der Waals surface area contributed by atoms with E-state index >= 15 is 0 Å². The molecule has 29 heavy (non-hydrogen) atoms. The summed E-state index contributed by atoms with van der Waals surface area (Å²) < 4.78 is 38.3. The summed E-state index contributed by atoms with van der Waals surface area (Å²) >= 11 is 0. The summed E-state index contributed by atoms with van der Waals surface area (Å²) in [5.41, 5.74) is 0.724. The van der Waals surface area contributed by atoms with Crippen LogP contribution in [0.3, 0.4) is 0 Å². The number of hydrogen-bond donors (Lipinski definition) is 2. The molecule has 0 unspecified atom stereocenters. The van der Waals surface area contributed by atoms with Gasteiger partial charge >= 0.3 is 0 Å². The second-order valence-corrected chi connectivity index (χ2v) is 8.79. The molecule has 0 saturated carbocycles. The smallest absolute Gasteiger partial charge is 0.298 e. The third-order valence-electron chi connectivity index (χ3n) is 4.94. The largest absolute Gasteiger partial charge is 0.506 e. The molecule has 0 aliphatic heterocycles. The monoisotopic (exact) mass is 420 g/mol. The van der Waals surface area contributed by atoms with Crippen LogP contribution in [0.5, 0.6) is 17.2 Å². The molecule has 0 aromatic heterocycles. The average molecular weight is 421 g/mol. The number of benzene rings is 2. The van der Waals surface area contributed by atoms with Crippen LogP contribution in [0.15, 0.2) is 47.4 Å². The Morgan fingerprint density at radius 3 is 2.03 bits per heavy atom. The minimum atomic E-state index is -4.54. The number of aryl methyl sites for hydroxylation is 1. The molecule has 0 saturated heterocycles. The van der Waals surface area contributed by atoms with E-state index in [1.807, 2.05) is 18.2 Å².